The SMILES string of the molecule is CC(C)Oc1ccc2cc(Cc3cc(Br)ccc3Cl)sc2c1. The first-order valence-electron chi connectivity index (χ1n) is 7.14. The smallest absolute Gasteiger partial charge is 0.121 e. The van der Waals surface area contributed by atoms with Gasteiger partial charge in [-0.2, -0.15) is 0 Å². The predicted octanol–water partition coefficient (Wildman–Crippen LogP) is 6.70. The lowest BCUT2D eigenvalue weighted by Crippen LogP contribution is -2.04. The molecule has 0 atom stereocenters. The van der Waals surface area contributed by atoms with Gasteiger partial charge >= 0.3 is 0 Å². The van der Waals surface area contributed by atoms with Gasteiger partial charge in [-0.05, 0) is 67.3 Å². The maximum Gasteiger partial charge on any atom is 0.121 e. The molecule has 0 aliphatic heterocycles. The van der Waals surface area contributed by atoms with Crippen molar-refractivity contribution in [2.24, 2.45) is 0 Å². The highest BCUT2D eigenvalue weighted by Gasteiger charge is 2.08. The molecule has 0 radical (unpaired) electrons. The minimum atomic E-state index is 0.192. The molecule has 1 nitrogen and oxygen atoms in total. The summed E-state index contributed by atoms with van der Waals surface area (Å²) in [7, 11) is 0. The standard InChI is InChI=1S/C18H16BrClOS/c1-11(2)21-15-5-3-12-8-16(22-18(12)10-15)9-13-7-14(19)4-6-17(13)20/h3-8,10-11H,9H2,1-2H3. The molecule has 0 saturated heterocycles. The quantitative estimate of drug-likeness (QED) is 0.478. The third-order valence-electron chi connectivity index (χ3n) is 3.29. The van der Waals surface area contributed by atoms with E-state index in [0.717, 1.165) is 27.2 Å². The highest BCUT2D eigenvalue weighted by atomic mass is 79.9. The number of rotatable bonds is 4. The summed E-state index contributed by atoms with van der Waals surface area (Å²) >= 11 is 11.6. The average Bonchev–Trinajstić information content (AvgIpc) is 2.84. The van der Waals surface area contributed by atoms with Crippen LogP contribution >= 0.6 is 38.9 Å². The van der Waals surface area contributed by atoms with E-state index in [4.69, 9.17) is 16.3 Å². The largest absolute Gasteiger partial charge is 0.491 e. The molecule has 1 heterocycles. The van der Waals surface area contributed by atoms with E-state index in [1.54, 1.807) is 11.3 Å². The second-order valence-corrected chi connectivity index (χ2v) is 7.98. The summed E-state index contributed by atoms with van der Waals surface area (Å²) < 4.78 is 8.07. The summed E-state index contributed by atoms with van der Waals surface area (Å²) in [6.45, 7) is 4.08. The number of ether oxygens (including phenoxy) is 1. The number of benzene rings is 2. The molecule has 3 aromatic rings. The van der Waals surface area contributed by atoms with Gasteiger partial charge < -0.3 is 4.74 Å². The molecule has 3 rings (SSSR count). The van der Waals surface area contributed by atoms with Crippen LogP contribution in [-0.4, -0.2) is 6.10 Å². The molecular weight excluding hydrogens is 380 g/mol. The Morgan fingerprint density at radius 2 is 1.95 bits per heavy atom. The van der Waals surface area contributed by atoms with Gasteiger partial charge in [-0.1, -0.05) is 27.5 Å². The van der Waals surface area contributed by atoms with Gasteiger partial charge in [0, 0.05) is 25.5 Å². The molecule has 0 amide bonds. The van der Waals surface area contributed by atoms with E-state index < -0.39 is 0 Å². The van der Waals surface area contributed by atoms with Crippen molar-refractivity contribution in [3.8, 4) is 5.75 Å². The predicted molar refractivity (Wildman–Crippen MR) is 99.5 cm³/mol. The number of halogens is 2. The van der Waals surface area contributed by atoms with Crippen molar-refractivity contribution in [3.05, 3.63) is 62.4 Å². The zero-order valence-corrected chi connectivity index (χ0v) is 15.6. The van der Waals surface area contributed by atoms with Gasteiger partial charge in [-0.15, -0.1) is 11.3 Å². The Balaban J connectivity index is 1.90. The zero-order valence-electron chi connectivity index (χ0n) is 12.4. The van der Waals surface area contributed by atoms with Gasteiger partial charge in [-0.25, -0.2) is 0 Å². The van der Waals surface area contributed by atoms with Crippen molar-refractivity contribution in [1.82, 2.24) is 0 Å². The Hall–Kier alpha value is -1.03. The van der Waals surface area contributed by atoms with Gasteiger partial charge in [0.25, 0.3) is 0 Å². The van der Waals surface area contributed by atoms with Gasteiger partial charge in [0.1, 0.15) is 5.75 Å². The lowest BCUT2D eigenvalue weighted by Gasteiger charge is -2.08. The highest BCUT2D eigenvalue weighted by molar-refractivity contribution is 9.10. The number of fused-ring (bicyclic) bond motifs is 1. The average molecular weight is 396 g/mol. The maximum absolute atomic E-state index is 6.29. The first kappa shape index (κ1) is 15.9. The Kier molecular flexibility index (Phi) is 4.76. The molecule has 0 unspecified atom stereocenters. The second kappa shape index (κ2) is 6.61. The Bertz CT molecular complexity index is 810. The van der Waals surface area contributed by atoms with Gasteiger partial charge in [-0.3, -0.25) is 0 Å². The van der Waals surface area contributed by atoms with Crippen LogP contribution in [0.3, 0.4) is 0 Å². The van der Waals surface area contributed by atoms with Gasteiger partial charge in [0.15, 0.2) is 0 Å². The molecule has 0 saturated carbocycles. The van der Waals surface area contributed by atoms with Crippen molar-refractivity contribution in [3.63, 3.8) is 0 Å². The highest BCUT2D eigenvalue weighted by Crippen LogP contribution is 2.32. The van der Waals surface area contributed by atoms with Crippen molar-refractivity contribution in [2.75, 3.05) is 0 Å². The Morgan fingerprint density at radius 1 is 1.14 bits per heavy atom. The molecule has 0 fully saturated rings. The molecule has 2 aromatic carbocycles. The lowest BCUT2D eigenvalue weighted by atomic mass is 10.1. The van der Waals surface area contributed by atoms with E-state index in [-0.39, 0.29) is 6.10 Å². The number of hydrogen-bond donors (Lipinski definition) is 0. The molecule has 0 aliphatic carbocycles. The van der Waals surface area contributed by atoms with E-state index >= 15 is 0 Å². The van der Waals surface area contributed by atoms with E-state index in [1.165, 1.54) is 15.0 Å². The summed E-state index contributed by atoms with van der Waals surface area (Å²) in [6, 6.07) is 14.5. The minimum Gasteiger partial charge on any atom is -0.491 e. The van der Waals surface area contributed by atoms with E-state index in [1.807, 2.05) is 32.0 Å². The molecule has 0 bridgehead atoms. The number of hydrogen-bond acceptors (Lipinski definition) is 2. The van der Waals surface area contributed by atoms with E-state index in [2.05, 4.69) is 40.2 Å². The van der Waals surface area contributed by atoms with Gasteiger partial charge in [0.05, 0.1) is 6.10 Å². The fourth-order valence-electron chi connectivity index (χ4n) is 2.37. The van der Waals surface area contributed by atoms with E-state index in [9.17, 15) is 0 Å². The first-order valence-corrected chi connectivity index (χ1v) is 9.13. The molecular formula is C18H16BrClOS. The van der Waals surface area contributed by atoms with Crippen LogP contribution < -0.4 is 4.74 Å². The van der Waals surface area contributed by atoms with Crippen LogP contribution in [0.15, 0.2) is 46.9 Å². The molecule has 114 valence electrons. The van der Waals surface area contributed by atoms with Crippen molar-refractivity contribution in [1.29, 1.82) is 0 Å². The normalized spacial score (nSPS) is 11.3. The molecule has 4 heteroatoms. The number of thiophene rings is 1. The Labute approximate surface area is 148 Å². The van der Waals surface area contributed by atoms with Crippen molar-refractivity contribution < 1.29 is 4.74 Å². The molecule has 1 aromatic heterocycles. The fraction of sp³-hybridized carbons (Fsp3) is 0.222. The summed E-state index contributed by atoms with van der Waals surface area (Å²) in [5.41, 5.74) is 1.14. The van der Waals surface area contributed by atoms with Crippen LogP contribution in [-0.2, 0) is 6.42 Å². The summed E-state index contributed by atoms with van der Waals surface area (Å²) in [4.78, 5) is 1.30. The summed E-state index contributed by atoms with van der Waals surface area (Å²) in [5.74, 6) is 0.927. The topological polar surface area (TPSA) is 9.23 Å². The van der Waals surface area contributed by atoms with Crippen molar-refractivity contribution in [2.45, 2.75) is 26.4 Å². The van der Waals surface area contributed by atoms with Crippen LogP contribution in [0.5, 0.6) is 5.75 Å². The maximum atomic E-state index is 6.29. The van der Waals surface area contributed by atoms with Crippen LogP contribution in [0.1, 0.15) is 24.3 Å². The van der Waals surface area contributed by atoms with Crippen LogP contribution in [0.25, 0.3) is 10.1 Å². The third-order valence-corrected chi connectivity index (χ3v) is 5.25. The summed E-state index contributed by atoms with van der Waals surface area (Å²) in [5, 5.41) is 2.06. The molecule has 0 spiro atoms. The summed E-state index contributed by atoms with van der Waals surface area (Å²) in [6.07, 6.45) is 1.04. The van der Waals surface area contributed by atoms with E-state index in [0.29, 0.717) is 0 Å². The van der Waals surface area contributed by atoms with Crippen molar-refractivity contribution >= 4 is 49.0 Å². The zero-order chi connectivity index (χ0) is 15.7. The monoisotopic (exact) mass is 394 g/mol. The van der Waals surface area contributed by atoms with Crippen LogP contribution in [0.4, 0.5) is 0 Å². The molecule has 0 N–H and O–H groups in total. The molecule has 22 heavy (non-hydrogen) atoms. The molecule has 0 aliphatic rings. The second-order valence-electron chi connectivity index (χ2n) is 5.49. The third kappa shape index (κ3) is 3.65. The lowest BCUT2D eigenvalue weighted by molar-refractivity contribution is 0.243. The minimum absolute atomic E-state index is 0.192. The van der Waals surface area contributed by atoms with Gasteiger partial charge in [0.2, 0.25) is 0 Å². The van der Waals surface area contributed by atoms with Crippen LogP contribution in [0, 0.1) is 0 Å². The first-order chi connectivity index (χ1) is 10.5. The fourth-order valence-corrected chi connectivity index (χ4v) is 4.07. The Morgan fingerprint density at radius 3 is 2.73 bits per heavy atom. The van der Waals surface area contributed by atoms with Crippen LogP contribution in [0.2, 0.25) is 5.02 Å².